The third-order valence-corrected chi connectivity index (χ3v) is 4.56. The van der Waals surface area contributed by atoms with Gasteiger partial charge in [-0.2, -0.15) is 0 Å². The zero-order chi connectivity index (χ0) is 16.8. The van der Waals surface area contributed by atoms with Gasteiger partial charge in [-0.25, -0.2) is 9.50 Å². The molecule has 7 nitrogen and oxygen atoms in total. The lowest BCUT2D eigenvalue weighted by atomic mass is 9.96. The number of hydrogen-bond donors (Lipinski definition) is 2. The first-order chi connectivity index (χ1) is 10.8. The van der Waals surface area contributed by atoms with Crippen LogP contribution in [0.1, 0.15) is 37.9 Å². The number of carbonyl (C=O) groups excluding carboxylic acids is 1. The van der Waals surface area contributed by atoms with E-state index in [9.17, 15) is 14.7 Å². The highest BCUT2D eigenvalue weighted by Gasteiger charge is 2.38. The number of aryl methyl sites for hydroxylation is 1. The van der Waals surface area contributed by atoms with E-state index in [1.807, 2.05) is 0 Å². The van der Waals surface area contributed by atoms with Crippen molar-refractivity contribution in [1.82, 2.24) is 19.5 Å². The van der Waals surface area contributed by atoms with E-state index < -0.39 is 5.60 Å². The average molecular weight is 318 g/mol. The van der Waals surface area contributed by atoms with Gasteiger partial charge in [-0.3, -0.25) is 14.7 Å². The molecule has 0 aliphatic carbocycles. The molecule has 3 rings (SSSR count). The zero-order valence-electron chi connectivity index (χ0n) is 13.7. The summed E-state index contributed by atoms with van der Waals surface area (Å²) in [5, 5.41) is 13.1. The average Bonchev–Trinajstić information content (AvgIpc) is 3.10. The van der Waals surface area contributed by atoms with Crippen molar-refractivity contribution in [2.24, 2.45) is 0 Å². The van der Waals surface area contributed by atoms with Gasteiger partial charge in [0.1, 0.15) is 0 Å². The Bertz CT molecular complexity index is 800. The van der Waals surface area contributed by atoms with Crippen molar-refractivity contribution in [3.8, 4) is 0 Å². The maximum Gasteiger partial charge on any atom is 0.276 e. The summed E-state index contributed by atoms with van der Waals surface area (Å²) in [5.41, 5.74) is 0.320. The Kier molecular flexibility index (Phi) is 3.75. The van der Waals surface area contributed by atoms with Crippen molar-refractivity contribution >= 4 is 11.6 Å². The minimum Gasteiger partial charge on any atom is -0.388 e. The summed E-state index contributed by atoms with van der Waals surface area (Å²) in [5.74, 6) is -0.136. The molecule has 2 aromatic rings. The summed E-state index contributed by atoms with van der Waals surface area (Å²) in [6.45, 7) is 5.80. The van der Waals surface area contributed by atoms with Crippen LogP contribution in [0.3, 0.4) is 0 Å². The highest BCUT2D eigenvalue weighted by Crippen LogP contribution is 2.27. The Morgan fingerprint density at radius 3 is 2.96 bits per heavy atom. The molecule has 3 heterocycles. The standard InChI is InChI=1S/C16H22N4O3/c1-10-11(15(22)20-13(18-10)6-7-17-20)9-14(21)19-8-4-5-12(19)16(2,3)23/h6-7,12,17,23H,4-5,8-9H2,1-3H3. The number of aromatic nitrogens is 3. The number of carbonyl (C=O) groups is 1. The number of H-pyrrole nitrogens is 1. The molecule has 0 saturated carbocycles. The number of likely N-dealkylation sites (tertiary alicyclic amines) is 1. The van der Waals surface area contributed by atoms with Gasteiger partial charge in [0.2, 0.25) is 5.91 Å². The molecule has 23 heavy (non-hydrogen) atoms. The van der Waals surface area contributed by atoms with E-state index in [2.05, 4.69) is 10.1 Å². The summed E-state index contributed by atoms with van der Waals surface area (Å²) in [6.07, 6.45) is 3.29. The summed E-state index contributed by atoms with van der Waals surface area (Å²) in [7, 11) is 0. The number of aliphatic hydroxyl groups is 1. The Balaban J connectivity index is 1.90. The number of hydrogen-bond acceptors (Lipinski definition) is 4. The van der Waals surface area contributed by atoms with Gasteiger partial charge in [-0.05, 0) is 33.6 Å². The Morgan fingerprint density at radius 2 is 2.26 bits per heavy atom. The van der Waals surface area contributed by atoms with Gasteiger partial charge >= 0.3 is 0 Å². The van der Waals surface area contributed by atoms with E-state index >= 15 is 0 Å². The van der Waals surface area contributed by atoms with Crippen molar-refractivity contribution in [2.75, 3.05) is 6.54 Å². The second-order valence-electron chi connectivity index (χ2n) is 6.71. The molecule has 124 valence electrons. The molecule has 1 saturated heterocycles. The Labute approximate surface area is 133 Å². The highest BCUT2D eigenvalue weighted by atomic mass is 16.3. The molecule has 0 spiro atoms. The minimum absolute atomic E-state index is 0.00616. The summed E-state index contributed by atoms with van der Waals surface area (Å²) in [6, 6.07) is 1.50. The maximum atomic E-state index is 12.7. The fourth-order valence-corrected chi connectivity index (χ4v) is 3.36. The van der Waals surface area contributed by atoms with Gasteiger partial charge in [0.25, 0.3) is 5.56 Å². The molecule has 1 amide bonds. The molecule has 1 aliphatic heterocycles. The number of fused-ring (bicyclic) bond motifs is 1. The van der Waals surface area contributed by atoms with Crippen molar-refractivity contribution in [3.63, 3.8) is 0 Å². The van der Waals surface area contributed by atoms with Crippen LogP contribution in [0.25, 0.3) is 5.65 Å². The molecule has 2 aromatic heterocycles. The van der Waals surface area contributed by atoms with Crippen LogP contribution >= 0.6 is 0 Å². The summed E-state index contributed by atoms with van der Waals surface area (Å²) < 4.78 is 1.34. The maximum absolute atomic E-state index is 12.7. The van der Waals surface area contributed by atoms with Crippen LogP contribution < -0.4 is 5.56 Å². The van der Waals surface area contributed by atoms with Crippen LogP contribution in [0.2, 0.25) is 0 Å². The molecule has 1 atom stereocenters. The number of amides is 1. The lowest BCUT2D eigenvalue weighted by molar-refractivity contribution is -0.135. The third kappa shape index (κ3) is 2.76. The second-order valence-corrected chi connectivity index (χ2v) is 6.71. The first-order valence-electron chi connectivity index (χ1n) is 7.86. The minimum atomic E-state index is -0.947. The van der Waals surface area contributed by atoms with Gasteiger partial charge < -0.3 is 10.0 Å². The van der Waals surface area contributed by atoms with E-state index in [-0.39, 0.29) is 23.9 Å². The van der Waals surface area contributed by atoms with Crippen LogP contribution in [-0.2, 0) is 11.2 Å². The van der Waals surface area contributed by atoms with Gasteiger partial charge in [-0.1, -0.05) is 0 Å². The molecule has 1 unspecified atom stereocenters. The number of aromatic amines is 1. The highest BCUT2D eigenvalue weighted by molar-refractivity contribution is 5.79. The SMILES string of the molecule is Cc1nc2cc[nH]n2c(=O)c1CC(=O)N1CCCC1C(C)(C)O. The number of nitrogens with one attached hydrogen (secondary N) is 1. The first-order valence-corrected chi connectivity index (χ1v) is 7.86. The molecular formula is C16H22N4O3. The van der Waals surface area contributed by atoms with Crippen LogP contribution in [-0.4, -0.2) is 48.7 Å². The van der Waals surface area contributed by atoms with Gasteiger partial charge in [-0.15, -0.1) is 0 Å². The molecule has 1 aliphatic rings. The predicted molar refractivity (Wildman–Crippen MR) is 85.3 cm³/mol. The van der Waals surface area contributed by atoms with E-state index in [1.54, 1.807) is 37.9 Å². The Hall–Kier alpha value is -2.15. The lowest BCUT2D eigenvalue weighted by Crippen LogP contribution is -2.49. The van der Waals surface area contributed by atoms with Gasteiger partial charge in [0.05, 0.1) is 18.1 Å². The molecular weight excluding hydrogens is 296 g/mol. The fourth-order valence-electron chi connectivity index (χ4n) is 3.36. The molecule has 0 aromatic carbocycles. The largest absolute Gasteiger partial charge is 0.388 e. The number of rotatable bonds is 3. The molecule has 1 fully saturated rings. The number of nitrogens with zero attached hydrogens (tertiary/aromatic N) is 3. The predicted octanol–water partition coefficient (Wildman–Crippen LogP) is 0.635. The molecule has 7 heteroatoms. The fraction of sp³-hybridized carbons (Fsp3) is 0.562. The summed E-state index contributed by atoms with van der Waals surface area (Å²) >= 11 is 0. The van der Waals surface area contributed by atoms with Crippen molar-refractivity contribution < 1.29 is 9.90 Å². The van der Waals surface area contributed by atoms with Crippen molar-refractivity contribution in [3.05, 3.63) is 33.9 Å². The third-order valence-electron chi connectivity index (χ3n) is 4.56. The van der Waals surface area contributed by atoms with E-state index in [0.29, 0.717) is 23.4 Å². The quantitative estimate of drug-likeness (QED) is 0.869. The van der Waals surface area contributed by atoms with E-state index in [0.717, 1.165) is 12.8 Å². The Morgan fingerprint density at radius 1 is 1.52 bits per heavy atom. The van der Waals surface area contributed by atoms with Crippen LogP contribution in [0.15, 0.2) is 17.1 Å². The van der Waals surface area contributed by atoms with Gasteiger partial charge in [0, 0.05) is 30.1 Å². The normalized spacial score (nSPS) is 18.8. The van der Waals surface area contributed by atoms with Crippen molar-refractivity contribution in [1.29, 1.82) is 0 Å². The molecule has 0 bridgehead atoms. The monoisotopic (exact) mass is 318 g/mol. The molecule has 0 radical (unpaired) electrons. The summed E-state index contributed by atoms with van der Waals surface area (Å²) in [4.78, 5) is 31.2. The van der Waals surface area contributed by atoms with Crippen LogP contribution in [0.5, 0.6) is 0 Å². The van der Waals surface area contributed by atoms with Crippen LogP contribution in [0, 0.1) is 6.92 Å². The smallest absolute Gasteiger partial charge is 0.276 e. The van der Waals surface area contributed by atoms with E-state index in [4.69, 9.17) is 0 Å². The van der Waals surface area contributed by atoms with E-state index in [1.165, 1.54) is 4.52 Å². The van der Waals surface area contributed by atoms with Gasteiger partial charge in [0.15, 0.2) is 5.65 Å². The lowest BCUT2D eigenvalue weighted by Gasteiger charge is -2.33. The van der Waals surface area contributed by atoms with Crippen LogP contribution in [0.4, 0.5) is 0 Å². The zero-order valence-corrected chi connectivity index (χ0v) is 13.7. The first kappa shape index (κ1) is 15.7. The van der Waals surface area contributed by atoms with Crippen molar-refractivity contribution in [2.45, 2.75) is 51.7 Å². The topological polar surface area (TPSA) is 90.7 Å². The molecule has 2 N–H and O–H groups in total. The second kappa shape index (κ2) is 5.49.